The molecule has 4 fully saturated rings. The number of aryl methyl sites for hydroxylation is 1. The molecular weight excluding hydrogens is 1540 g/mol. The number of thiophene rings is 2. The molecule has 6 aromatic heterocycles. The van der Waals surface area contributed by atoms with Crippen molar-refractivity contribution in [2.45, 2.75) is 149 Å². The summed E-state index contributed by atoms with van der Waals surface area (Å²) in [5.41, 5.74) is 1.12. The van der Waals surface area contributed by atoms with Gasteiger partial charge in [-0.15, -0.1) is 22.7 Å². The van der Waals surface area contributed by atoms with E-state index >= 15 is 0 Å². The van der Waals surface area contributed by atoms with Crippen LogP contribution in [0.5, 0.6) is 0 Å². The Morgan fingerprint density at radius 2 is 0.942 bits per heavy atom. The maximum Gasteiger partial charge on any atom is 0.117 e. The summed E-state index contributed by atoms with van der Waals surface area (Å²) >= 11 is 3.65. The van der Waals surface area contributed by atoms with Crippen molar-refractivity contribution in [3.63, 3.8) is 0 Å². The molecule has 2 aromatic carbocycles. The Morgan fingerprint density at radius 1 is 0.408 bits per heavy atom. The zero-order valence-electron chi connectivity index (χ0n) is 78.8. The second kappa shape index (κ2) is 70.8. The number of rotatable bonds is 35. The first-order valence-electron chi connectivity index (χ1n) is 44.2. The van der Waals surface area contributed by atoms with Crippen LogP contribution in [-0.2, 0) is 43.9 Å². The highest BCUT2D eigenvalue weighted by molar-refractivity contribution is 7.70. The van der Waals surface area contributed by atoms with Gasteiger partial charge in [0.15, 0.2) is 0 Å². The normalized spacial score (nSPS) is 15.0. The molecule has 3 aliphatic heterocycles. The lowest BCUT2D eigenvalue weighted by molar-refractivity contribution is 0.0878. The minimum Gasteiger partial charge on any atom is -0.468 e. The van der Waals surface area contributed by atoms with Crippen molar-refractivity contribution in [2.24, 2.45) is 0 Å². The van der Waals surface area contributed by atoms with Gasteiger partial charge in [-0.1, -0.05) is 106 Å². The van der Waals surface area contributed by atoms with Crippen LogP contribution in [0, 0.1) is 0 Å². The Kier molecular flexibility index (Phi) is 65.3. The average Bonchev–Trinajstić information content (AvgIpc) is 0.955. The van der Waals surface area contributed by atoms with Crippen LogP contribution in [0.4, 0.5) is 0 Å². The second-order valence-corrected chi connectivity index (χ2v) is 38.6. The molecule has 4 aliphatic rings. The van der Waals surface area contributed by atoms with Gasteiger partial charge >= 0.3 is 0 Å². The average molecular weight is 1720 g/mol. The maximum absolute atomic E-state index is 5.42. The van der Waals surface area contributed by atoms with Crippen LogP contribution in [0.3, 0.4) is 0 Å². The number of piperazine rings is 1. The molecule has 120 heavy (non-hydrogen) atoms. The van der Waals surface area contributed by atoms with Crippen LogP contribution in [-0.4, -0.2) is 359 Å². The Bertz CT molecular complexity index is 3260. The second-order valence-electron chi connectivity index (χ2n) is 34.4. The predicted octanol–water partition coefficient (Wildman–Crippen LogP) is 15.6. The minimum absolute atomic E-state index is 0. The van der Waals surface area contributed by atoms with Crippen LogP contribution in [0.2, 0.25) is 0 Å². The highest BCUT2D eigenvalue weighted by Crippen LogP contribution is 2.43. The molecule has 23 heteroatoms. The summed E-state index contributed by atoms with van der Waals surface area (Å²) in [5, 5.41) is 7.22. The van der Waals surface area contributed by atoms with E-state index in [4.69, 9.17) is 9.15 Å². The Hall–Kier alpha value is -5.41. The number of likely N-dealkylation sites (tertiary alicyclic amines) is 1. The fourth-order valence-corrected chi connectivity index (χ4v) is 17.7. The monoisotopic (exact) mass is 1720 g/mol. The van der Waals surface area contributed by atoms with Gasteiger partial charge in [0, 0.05) is 140 Å². The number of imidazole rings is 1. The van der Waals surface area contributed by atoms with Crippen LogP contribution < -0.4 is 10.6 Å². The molecular formula is C97H173N18O2PS2. The van der Waals surface area contributed by atoms with Crippen molar-refractivity contribution in [1.29, 1.82) is 0 Å². The Balaban J connectivity index is 0.000000463. The first-order valence-corrected chi connectivity index (χ1v) is 47.2. The lowest BCUT2D eigenvalue weighted by Gasteiger charge is -2.40. The van der Waals surface area contributed by atoms with Gasteiger partial charge in [0.25, 0.3) is 0 Å². The van der Waals surface area contributed by atoms with E-state index < -0.39 is 8.07 Å². The largest absolute Gasteiger partial charge is 0.468 e. The molecule has 1 saturated carbocycles. The number of ether oxygens (including phenoxy) is 1. The number of unbranched alkanes of at least 4 members (excludes halogenated alkanes) is 1. The summed E-state index contributed by atoms with van der Waals surface area (Å²) in [6, 6.07) is 45.6. The number of likely N-dealkylation sites (N-methyl/N-ethyl adjacent to an activating group) is 4. The minimum atomic E-state index is -0.453. The number of hydrogen-bond acceptors (Lipinski definition) is 20. The van der Waals surface area contributed by atoms with Gasteiger partial charge in [-0.25, -0.2) is 4.98 Å². The summed E-state index contributed by atoms with van der Waals surface area (Å²) in [6.45, 7) is 25.6. The molecule has 680 valence electrons. The molecule has 1 aliphatic carbocycles. The van der Waals surface area contributed by atoms with E-state index in [2.05, 4.69) is 327 Å². The lowest BCUT2D eigenvalue weighted by atomic mass is 9.95. The Labute approximate surface area is 744 Å². The predicted molar refractivity (Wildman–Crippen MR) is 525 cm³/mol. The number of pyridine rings is 1. The third-order valence-electron chi connectivity index (χ3n) is 19.8. The number of nitrogens with zero attached hydrogens (tertiary/aromatic N) is 18. The maximum atomic E-state index is 5.42. The first-order chi connectivity index (χ1) is 57.2. The fraction of sp³-hybridized carbons (Fsp3) is 0.629. The lowest BCUT2D eigenvalue weighted by Crippen LogP contribution is -2.45. The highest BCUT2D eigenvalue weighted by atomic mass is 32.1. The summed E-state index contributed by atoms with van der Waals surface area (Å²) in [5.74, 6) is 1.01. The molecule has 0 spiro atoms. The quantitative estimate of drug-likeness (QED) is 0.0278. The molecule has 3 saturated heterocycles. The van der Waals surface area contributed by atoms with Crippen molar-refractivity contribution in [3.8, 4) is 0 Å². The van der Waals surface area contributed by atoms with E-state index in [0.717, 1.165) is 89.6 Å². The van der Waals surface area contributed by atoms with Gasteiger partial charge in [0.05, 0.1) is 30.9 Å². The third kappa shape index (κ3) is 60.2. The van der Waals surface area contributed by atoms with Gasteiger partial charge < -0.3 is 82.0 Å². The van der Waals surface area contributed by atoms with E-state index in [0.29, 0.717) is 6.10 Å². The summed E-state index contributed by atoms with van der Waals surface area (Å²) in [4.78, 5) is 40.6. The molecule has 8 aromatic rings. The van der Waals surface area contributed by atoms with Gasteiger partial charge in [0.1, 0.15) is 5.76 Å². The van der Waals surface area contributed by atoms with Crippen LogP contribution >= 0.6 is 30.7 Å². The zero-order valence-corrected chi connectivity index (χ0v) is 81.3. The SMILES string of the molecule is C.CN(C)CC1CCCO1.CN(C)CCCCN1CCCC1.CN(C)CCCN(C1CCCCC1)P(c1ccccc1)c1ccccc1.CN(C)CCCN1CCN(C)CC1.CN(C)CCCn1ccnc1.CN(C)CCc1cccs1.CN(C)CCn1cccc1.CN(C)Cc1ccccn1.CN(C)Cc1ccco1.CN(C)Cc1cccs1. The molecule has 0 amide bonds. The third-order valence-corrected chi connectivity index (χ3v) is 24.2. The smallest absolute Gasteiger partial charge is 0.117 e. The summed E-state index contributed by atoms with van der Waals surface area (Å²) in [6.07, 6.45) is 33.8. The van der Waals surface area contributed by atoms with Gasteiger partial charge in [0.2, 0.25) is 0 Å². The van der Waals surface area contributed by atoms with Crippen molar-refractivity contribution < 1.29 is 9.15 Å². The van der Waals surface area contributed by atoms with Crippen molar-refractivity contribution in [2.75, 3.05) is 259 Å². The molecule has 12 rings (SSSR count). The van der Waals surface area contributed by atoms with Crippen molar-refractivity contribution >= 4 is 41.4 Å². The summed E-state index contributed by atoms with van der Waals surface area (Å²) in [7, 11) is 43.7. The Morgan fingerprint density at radius 3 is 1.43 bits per heavy atom. The van der Waals surface area contributed by atoms with Crippen LogP contribution in [0.25, 0.3) is 0 Å². The van der Waals surface area contributed by atoms with Gasteiger partial charge in [-0.3, -0.25) is 9.65 Å². The van der Waals surface area contributed by atoms with E-state index in [9.17, 15) is 0 Å². The van der Waals surface area contributed by atoms with E-state index in [1.165, 1.54) is 189 Å². The van der Waals surface area contributed by atoms with Gasteiger partial charge in [-0.2, -0.15) is 0 Å². The van der Waals surface area contributed by atoms with Crippen LogP contribution in [0.1, 0.15) is 119 Å². The first kappa shape index (κ1) is 111. The molecule has 1 atom stereocenters. The van der Waals surface area contributed by atoms with Crippen molar-refractivity contribution in [3.05, 3.63) is 203 Å². The molecule has 0 bridgehead atoms. The highest BCUT2D eigenvalue weighted by Gasteiger charge is 2.30. The van der Waals surface area contributed by atoms with Crippen molar-refractivity contribution in [1.82, 2.24) is 87.5 Å². The molecule has 0 radical (unpaired) electrons. The fourth-order valence-electron chi connectivity index (χ4n) is 13.5. The van der Waals surface area contributed by atoms with E-state index in [-0.39, 0.29) is 7.43 Å². The van der Waals surface area contributed by atoms with Crippen LogP contribution in [0.15, 0.2) is 186 Å². The zero-order chi connectivity index (χ0) is 87.1. The molecule has 0 N–H and O–H groups in total. The molecule has 9 heterocycles. The van der Waals surface area contributed by atoms with Gasteiger partial charge in [-0.05, 0) is 347 Å². The number of aromatic nitrogens is 4. The van der Waals surface area contributed by atoms with E-state index in [1.807, 2.05) is 106 Å². The number of benzene rings is 2. The number of hydrogen-bond donors (Lipinski definition) is 0. The standard InChI is InChI=1S/C23H33N2P.C10H23N3.C10H22N2.C8H15N3.C8H14N2.C8H12N2.C8H13NS.C7H15NO.C7H11NO.C7H11NS.CH4/c1-24(2)19-12-20-25(21-13-6-3-7-14-21)26(22-15-8-4-9-16-22)23-17-10-5-11-18-23;1-11(2)5-4-6-13-9-7-12(3)8-10-13;1-11(2)7-3-4-8-12-9-5-6-10-12;1-10(2)5-3-6-11-7-4-9-8-11;1-9(2)7-8-10-5-3-4-6-10;1-10(2)7-8-5-3-4-6-9-8;1-9(2)6-5-8-4-3-7-10-8;3*1-8(2)6-7-4-3-5-9-7;/h4-5,8-11,15-18,21H,3,6-7,12-14,19-20H2,1-2H3;4-10H2,1-3H3;3-10H2,1-2H3;4,7-8H,3,5-6H2,1-2H3;3-6H,7-8H2,1-2H3;3-6H,7H2,1-2H3;3-4,7H,5-6H2,1-2H3;7H,3-6H2,1-2H3;2*3-5H,6H2,1-2H3;1H4. The topological polar surface area (TPSA) is 103 Å². The van der Waals surface area contributed by atoms with E-state index in [1.54, 1.807) is 6.26 Å². The summed E-state index contributed by atoms with van der Waals surface area (Å²) < 4.78 is 17.7. The number of furan rings is 1. The molecule has 20 nitrogen and oxygen atoms in total. The molecule has 1 unspecified atom stereocenters.